The van der Waals surface area contributed by atoms with Crippen LogP contribution in [0.25, 0.3) is 17.1 Å². The molecule has 0 bridgehead atoms. The SMILES string of the molecule is Nc1ccc(Br)c(-c2nnnn2-c2ccc(Br)c(Cl)c2)c1. The summed E-state index contributed by atoms with van der Waals surface area (Å²) in [6.45, 7) is 0. The maximum Gasteiger partial charge on any atom is 0.188 e. The Hall–Kier alpha value is -1.44. The van der Waals surface area contributed by atoms with Gasteiger partial charge in [0.1, 0.15) is 0 Å². The predicted molar refractivity (Wildman–Crippen MR) is 89.4 cm³/mol. The fraction of sp³-hybridized carbons (Fsp3) is 0. The van der Waals surface area contributed by atoms with Crippen molar-refractivity contribution >= 4 is 49.1 Å². The smallest absolute Gasteiger partial charge is 0.188 e. The minimum absolute atomic E-state index is 0.576. The minimum Gasteiger partial charge on any atom is -0.399 e. The van der Waals surface area contributed by atoms with Crippen LogP contribution in [-0.2, 0) is 0 Å². The first-order valence-electron chi connectivity index (χ1n) is 5.85. The number of hydrogen-bond acceptors (Lipinski definition) is 4. The van der Waals surface area contributed by atoms with Gasteiger partial charge in [-0.2, -0.15) is 4.68 Å². The second-order valence-electron chi connectivity index (χ2n) is 4.25. The van der Waals surface area contributed by atoms with Crippen LogP contribution >= 0.6 is 43.5 Å². The molecule has 0 atom stereocenters. The van der Waals surface area contributed by atoms with Crippen LogP contribution in [0.15, 0.2) is 45.3 Å². The molecule has 21 heavy (non-hydrogen) atoms. The van der Waals surface area contributed by atoms with E-state index in [9.17, 15) is 0 Å². The first-order valence-corrected chi connectivity index (χ1v) is 7.82. The van der Waals surface area contributed by atoms with E-state index in [0.29, 0.717) is 16.5 Å². The van der Waals surface area contributed by atoms with E-state index in [4.69, 9.17) is 17.3 Å². The summed E-state index contributed by atoms with van der Waals surface area (Å²) in [5, 5.41) is 12.4. The molecule has 0 aliphatic rings. The van der Waals surface area contributed by atoms with Crippen molar-refractivity contribution in [3.05, 3.63) is 50.4 Å². The molecule has 1 heterocycles. The van der Waals surface area contributed by atoms with Crippen molar-refractivity contribution in [3.63, 3.8) is 0 Å². The zero-order chi connectivity index (χ0) is 15.0. The number of hydrogen-bond donors (Lipinski definition) is 1. The monoisotopic (exact) mass is 427 g/mol. The van der Waals surface area contributed by atoms with Gasteiger partial charge in [0.2, 0.25) is 0 Å². The summed E-state index contributed by atoms with van der Waals surface area (Å²) in [5.74, 6) is 0.576. The molecule has 0 saturated carbocycles. The van der Waals surface area contributed by atoms with Crippen molar-refractivity contribution in [3.8, 4) is 17.1 Å². The summed E-state index contributed by atoms with van der Waals surface area (Å²) >= 11 is 13.0. The standard InChI is InChI=1S/C13H8Br2ClN5/c14-10-3-1-7(17)5-9(10)13-18-19-20-21(13)8-2-4-11(15)12(16)6-8/h1-6H,17H2. The maximum atomic E-state index is 6.13. The summed E-state index contributed by atoms with van der Waals surface area (Å²) in [7, 11) is 0. The molecular weight excluding hydrogens is 421 g/mol. The number of tetrazole rings is 1. The Morgan fingerprint density at radius 3 is 2.57 bits per heavy atom. The van der Waals surface area contributed by atoms with Crippen LogP contribution in [0.4, 0.5) is 5.69 Å². The van der Waals surface area contributed by atoms with Gasteiger partial charge < -0.3 is 5.73 Å². The van der Waals surface area contributed by atoms with Crippen LogP contribution in [0.5, 0.6) is 0 Å². The van der Waals surface area contributed by atoms with Gasteiger partial charge in [0.25, 0.3) is 0 Å². The molecule has 0 aliphatic heterocycles. The summed E-state index contributed by atoms with van der Waals surface area (Å²) in [4.78, 5) is 0. The Labute approximate surface area is 142 Å². The van der Waals surface area contributed by atoms with E-state index in [1.54, 1.807) is 16.8 Å². The van der Waals surface area contributed by atoms with Crippen molar-refractivity contribution in [1.29, 1.82) is 0 Å². The van der Waals surface area contributed by atoms with Gasteiger partial charge in [0.15, 0.2) is 5.82 Å². The van der Waals surface area contributed by atoms with Gasteiger partial charge in [-0.25, -0.2) is 0 Å². The molecule has 3 aromatic rings. The number of nitrogen functional groups attached to an aromatic ring is 1. The van der Waals surface area contributed by atoms with Gasteiger partial charge >= 0.3 is 0 Å². The number of halogens is 3. The van der Waals surface area contributed by atoms with Crippen LogP contribution in [0, 0.1) is 0 Å². The van der Waals surface area contributed by atoms with E-state index in [2.05, 4.69) is 47.4 Å². The summed E-state index contributed by atoms with van der Waals surface area (Å²) < 4.78 is 3.28. The van der Waals surface area contributed by atoms with E-state index in [0.717, 1.165) is 20.2 Å². The van der Waals surface area contributed by atoms with Gasteiger partial charge in [0, 0.05) is 20.2 Å². The second-order valence-corrected chi connectivity index (χ2v) is 6.37. The lowest BCUT2D eigenvalue weighted by Gasteiger charge is -2.08. The molecule has 0 fully saturated rings. The number of benzene rings is 2. The third-order valence-electron chi connectivity index (χ3n) is 2.85. The van der Waals surface area contributed by atoms with Crippen molar-refractivity contribution in [2.24, 2.45) is 0 Å². The molecule has 1 aromatic heterocycles. The third kappa shape index (κ3) is 2.81. The highest BCUT2D eigenvalue weighted by Crippen LogP contribution is 2.31. The lowest BCUT2D eigenvalue weighted by atomic mass is 10.2. The Kier molecular flexibility index (Phi) is 3.97. The van der Waals surface area contributed by atoms with Gasteiger partial charge in [0.05, 0.1) is 10.7 Å². The molecule has 2 aromatic carbocycles. The van der Waals surface area contributed by atoms with E-state index < -0.39 is 0 Å². The lowest BCUT2D eigenvalue weighted by Crippen LogP contribution is -2.01. The fourth-order valence-corrected chi connectivity index (χ4v) is 2.71. The molecule has 0 radical (unpaired) electrons. The van der Waals surface area contributed by atoms with Crippen molar-refractivity contribution in [1.82, 2.24) is 20.2 Å². The van der Waals surface area contributed by atoms with E-state index in [1.165, 1.54) is 0 Å². The summed E-state index contributed by atoms with van der Waals surface area (Å²) in [6, 6.07) is 11.0. The first-order chi connectivity index (χ1) is 10.1. The molecule has 0 amide bonds. The van der Waals surface area contributed by atoms with Crippen LogP contribution in [-0.4, -0.2) is 20.2 Å². The highest BCUT2D eigenvalue weighted by molar-refractivity contribution is 9.10. The molecule has 0 aliphatic carbocycles. The number of aromatic nitrogens is 4. The summed E-state index contributed by atoms with van der Waals surface area (Å²) in [5.41, 5.74) is 8.04. The average Bonchev–Trinajstić information content (AvgIpc) is 2.93. The Balaban J connectivity index is 2.17. The largest absolute Gasteiger partial charge is 0.399 e. The van der Waals surface area contributed by atoms with Crippen molar-refractivity contribution in [2.75, 3.05) is 5.73 Å². The normalized spacial score (nSPS) is 10.8. The van der Waals surface area contributed by atoms with Crippen LogP contribution < -0.4 is 5.73 Å². The highest BCUT2D eigenvalue weighted by Gasteiger charge is 2.14. The fourth-order valence-electron chi connectivity index (χ4n) is 1.86. The van der Waals surface area contributed by atoms with E-state index in [1.807, 2.05) is 24.3 Å². The van der Waals surface area contributed by atoms with Gasteiger partial charge in [-0.1, -0.05) is 27.5 Å². The van der Waals surface area contributed by atoms with Crippen LogP contribution in [0.2, 0.25) is 5.02 Å². The molecule has 0 spiro atoms. The van der Waals surface area contributed by atoms with Gasteiger partial charge in [-0.05, 0) is 62.8 Å². The van der Waals surface area contributed by atoms with Crippen molar-refractivity contribution in [2.45, 2.75) is 0 Å². The zero-order valence-corrected chi connectivity index (χ0v) is 14.4. The molecule has 106 valence electrons. The quantitative estimate of drug-likeness (QED) is 0.623. The Bertz CT molecular complexity index is 818. The van der Waals surface area contributed by atoms with Crippen molar-refractivity contribution < 1.29 is 0 Å². The summed E-state index contributed by atoms with van der Waals surface area (Å²) in [6.07, 6.45) is 0. The molecule has 3 rings (SSSR count). The molecule has 0 saturated heterocycles. The molecular formula is C13H8Br2ClN5. The lowest BCUT2D eigenvalue weighted by molar-refractivity contribution is 0.791. The van der Waals surface area contributed by atoms with Crippen LogP contribution in [0.3, 0.4) is 0 Å². The van der Waals surface area contributed by atoms with Crippen LogP contribution in [0.1, 0.15) is 0 Å². The Morgan fingerprint density at radius 1 is 1.05 bits per heavy atom. The van der Waals surface area contributed by atoms with Gasteiger partial charge in [-0.15, -0.1) is 5.10 Å². The van der Waals surface area contributed by atoms with E-state index >= 15 is 0 Å². The molecule has 8 heteroatoms. The molecule has 5 nitrogen and oxygen atoms in total. The average molecular weight is 430 g/mol. The first kappa shape index (κ1) is 14.5. The zero-order valence-electron chi connectivity index (χ0n) is 10.5. The maximum absolute atomic E-state index is 6.13. The Morgan fingerprint density at radius 2 is 1.81 bits per heavy atom. The highest BCUT2D eigenvalue weighted by atomic mass is 79.9. The number of anilines is 1. The topological polar surface area (TPSA) is 69.6 Å². The number of rotatable bonds is 2. The van der Waals surface area contributed by atoms with Gasteiger partial charge in [-0.3, -0.25) is 0 Å². The molecule has 2 N–H and O–H groups in total. The van der Waals surface area contributed by atoms with E-state index in [-0.39, 0.29) is 0 Å². The number of nitrogens with two attached hydrogens (primary N) is 1. The second kappa shape index (κ2) is 5.75. The third-order valence-corrected chi connectivity index (χ3v) is 4.77. The molecule has 0 unspecified atom stereocenters. The minimum atomic E-state index is 0.576. The predicted octanol–water partition coefficient (Wildman–Crippen LogP) is 4.09. The number of nitrogens with zero attached hydrogens (tertiary/aromatic N) is 4.